The molecule has 0 spiro atoms. The van der Waals surface area contributed by atoms with E-state index in [1.807, 2.05) is 0 Å². The summed E-state index contributed by atoms with van der Waals surface area (Å²) in [6.45, 7) is 3.45. The number of hydrogen-bond donors (Lipinski definition) is 1. The van der Waals surface area contributed by atoms with Gasteiger partial charge < -0.3 is 10.2 Å². The Labute approximate surface area is 169 Å². The molecule has 150 valence electrons. The van der Waals surface area contributed by atoms with Crippen LogP contribution in [-0.2, 0) is 11.0 Å². The molecule has 1 amide bonds. The van der Waals surface area contributed by atoms with Gasteiger partial charge in [-0.1, -0.05) is 40.5 Å². The van der Waals surface area contributed by atoms with Crippen LogP contribution in [0, 0.1) is 0 Å². The minimum Gasteiger partial charge on any atom is -0.396 e. The molecule has 2 aromatic rings. The smallest absolute Gasteiger partial charge is 0.396 e. The lowest BCUT2D eigenvalue weighted by molar-refractivity contribution is -0.137. The number of alkyl halides is 3. The van der Waals surface area contributed by atoms with Gasteiger partial charge in [-0.05, 0) is 32.0 Å². The van der Waals surface area contributed by atoms with Crippen LogP contribution < -0.4 is 5.32 Å². The Kier molecular flexibility index (Phi) is 7.26. The maximum atomic E-state index is 13.2. The molecular formula is C18H16Cl2F3N3O2. The highest BCUT2D eigenvalue weighted by Gasteiger charge is 2.35. The molecule has 10 heteroatoms. The van der Waals surface area contributed by atoms with Crippen molar-refractivity contribution in [1.82, 2.24) is 10.3 Å². The third-order valence-electron chi connectivity index (χ3n) is 3.58. The second-order valence-corrected chi connectivity index (χ2v) is 6.46. The number of benzene rings is 1. The molecule has 0 saturated carbocycles. The molecule has 0 saturated heterocycles. The summed E-state index contributed by atoms with van der Waals surface area (Å²) in [5.41, 5.74) is -1.21. The van der Waals surface area contributed by atoms with Crippen molar-refractivity contribution in [1.29, 1.82) is 0 Å². The zero-order valence-corrected chi connectivity index (χ0v) is 16.4. The number of oxime groups is 1. The fraction of sp³-hybridized carbons (Fsp3) is 0.278. The third kappa shape index (κ3) is 5.36. The molecule has 0 radical (unpaired) electrons. The maximum absolute atomic E-state index is 13.2. The van der Waals surface area contributed by atoms with Crippen LogP contribution in [0.4, 0.5) is 13.2 Å². The lowest BCUT2D eigenvalue weighted by atomic mass is 10.0. The van der Waals surface area contributed by atoms with E-state index in [2.05, 4.69) is 15.5 Å². The lowest BCUT2D eigenvalue weighted by Gasteiger charge is -2.18. The van der Waals surface area contributed by atoms with E-state index in [0.29, 0.717) is 5.02 Å². The van der Waals surface area contributed by atoms with Crippen LogP contribution in [0.5, 0.6) is 0 Å². The van der Waals surface area contributed by atoms with Gasteiger partial charge in [0.2, 0.25) is 0 Å². The van der Waals surface area contributed by atoms with Gasteiger partial charge in [-0.3, -0.25) is 9.78 Å². The van der Waals surface area contributed by atoms with Crippen molar-refractivity contribution in [3.05, 3.63) is 63.4 Å². The quantitative estimate of drug-likeness (QED) is 0.516. The standard InChI is InChI=1S/C18H16Cl2F3N3O2/c1-3-28-26-15(16-14(20)8-11(19)9-24-16)10(2)25-17(27)12-6-4-5-7-13(12)18(21,22)23/h4-10H,3H2,1-2H3,(H,25,27)/b26-15-/t10-/m0/s1. The number of rotatable bonds is 6. The molecule has 1 heterocycles. The number of pyridine rings is 1. The van der Waals surface area contributed by atoms with Gasteiger partial charge >= 0.3 is 6.18 Å². The molecule has 0 bridgehead atoms. The first-order valence-electron chi connectivity index (χ1n) is 8.13. The summed E-state index contributed by atoms with van der Waals surface area (Å²) in [7, 11) is 0. The number of nitrogens with one attached hydrogen (secondary N) is 1. The summed E-state index contributed by atoms with van der Waals surface area (Å²) in [6.07, 6.45) is -3.34. The van der Waals surface area contributed by atoms with E-state index in [1.165, 1.54) is 31.3 Å². The van der Waals surface area contributed by atoms with Gasteiger partial charge in [0.15, 0.2) is 0 Å². The number of hydrogen-bond acceptors (Lipinski definition) is 4. The van der Waals surface area contributed by atoms with Crippen molar-refractivity contribution in [3.63, 3.8) is 0 Å². The van der Waals surface area contributed by atoms with Crippen molar-refractivity contribution in [2.75, 3.05) is 6.61 Å². The van der Waals surface area contributed by atoms with Crippen LogP contribution >= 0.6 is 23.2 Å². The summed E-state index contributed by atoms with van der Waals surface area (Å²) in [5, 5.41) is 6.83. The third-order valence-corrected chi connectivity index (χ3v) is 4.07. The van der Waals surface area contributed by atoms with Gasteiger partial charge in [0.25, 0.3) is 5.91 Å². The first kappa shape index (κ1) is 22.0. The van der Waals surface area contributed by atoms with Crippen molar-refractivity contribution in [2.24, 2.45) is 5.16 Å². The molecule has 28 heavy (non-hydrogen) atoms. The molecule has 0 unspecified atom stereocenters. The van der Waals surface area contributed by atoms with Crippen LogP contribution in [0.2, 0.25) is 10.0 Å². The Morgan fingerprint density at radius 1 is 1.32 bits per heavy atom. The molecule has 1 aromatic carbocycles. The number of aromatic nitrogens is 1. The summed E-state index contributed by atoms with van der Waals surface area (Å²) in [6, 6.07) is 5.07. The maximum Gasteiger partial charge on any atom is 0.417 e. The van der Waals surface area contributed by atoms with Crippen LogP contribution in [0.3, 0.4) is 0 Å². The summed E-state index contributed by atoms with van der Waals surface area (Å²) in [5.74, 6) is -0.922. The minimum absolute atomic E-state index is 0.140. The second-order valence-electron chi connectivity index (χ2n) is 5.62. The van der Waals surface area contributed by atoms with E-state index >= 15 is 0 Å². The van der Waals surface area contributed by atoms with Gasteiger partial charge in [0, 0.05) is 6.20 Å². The molecule has 0 aliphatic carbocycles. The first-order valence-corrected chi connectivity index (χ1v) is 8.89. The van der Waals surface area contributed by atoms with Crippen molar-refractivity contribution in [3.8, 4) is 0 Å². The zero-order chi connectivity index (χ0) is 20.9. The van der Waals surface area contributed by atoms with E-state index in [-0.39, 0.29) is 23.0 Å². The average Bonchev–Trinajstić information content (AvgIpc) is 2.62. The Hall–Kier alpha value is -2.32. The molecule has 2 rings (SSSR count). The highest BCUT2D eigenvalue weighted by atomic mass is 35.5. The van der Waals surface area contributed by atoms with Gasteiger partial charge in [0.05, 0.1) is 27.2 Å². The number of carbonyl (C=O) groups is 1. The molecular weight excluding hydrogens is 418 g/mol. The van der Waals surface area contributed by atoms with Gasteiger partial charge in [0.1, 0.15) is 18.0 Å². The normalized spacial score (nSPS) is 13.2. The zero-order valence-electron chi connectivity index (χ0n) is 14.8. The molecule has 0 fully saturated rings. The summed E-state index contributed by atoms with van der Waals surface area (Å²) >= 11 is 12.0. The highest BCUT2D eigenvalue weighted by Crippen LogP contribution is 2.31. The van der Waals surface area contributed by atoms with Crippen LogP contribution in [0.25, 0.3) is 0 Å². The lowest BCUT2D eigenvalue weighted by Crippen LogP contribution is -2.40. The van der Waals surface area contributed by atoms with Gasteiger partial charge in [-0.25, -0.2) is 0 Å². The Bertz CT molecular complexity index is 889. The summed E-state index contributed by atoms with van der Waals surface area (Å²) in [4.78, 5) is 21.6. The van der Waals surface area contributed by atoms with E-state index in [9.17, 15) is 18.0 Å². The molecule has 0 aliphatic heterocycles. The van der Waals surface area contributed by atoms with Gasteiger partial charge in [-0.2, -0.15) is 13.2 Å². The predicted molar refractivity (Wildman–Crippen MR) is 101 cm³/mol. The number of halogens is 5. The van der Waals surface area contributed by atoms with Gasteiger partial charge in [-0.15, -0.1) is 0 Å². The van der Waals surface area contributed by atoms with E-state index in [4.69, 9.17) is 28.0 Å². The van der Waals surface area contributed by atoms with Crippen molar-refractivity contribution in [2.45, 2.75) is 26.1 Å². The Morgan fingerprint density at radius 3 is 2.61 bits per heavy atom. The molecule has 0 aliphatic rings. The van der Waals surface area contributed by atoms with Crippen LogP contribution in [-0.4, -0.2) is 29.3 Å². The largest absolute Gasteiger partial charge is 0.417 e. The number of carbonyl (C=O) groups excluding carboxylic acids is 1. The molecule has 1 atom stereocenters. The van der Waals surface area contributed by atoms with Crippen molar-refractivity contribution < 1.29 is 22.8 Å². The second kappa shape index (κ2) is 9.25. The highest BCUT2D eigenvalue weighted by molar-refractivity contribution is 6.36. The average molecular weight is 434 g/mol. The van der Waals surface area contributed by atoms with Crippen LogP contribution in [0.1, 0.15) is 35.5 Å². The molecule has 1 aromatic heterocycles. The molecule has 5 nitrogen and oxygen atoms in total. The SMILES string of the molecule is CCO/N=C(\c1ncc(Cl)cc1Cl)[C@H](C)NC(=O)c1ccccc1C(F)(F)F. The number of nitrogens with zero attached hydrogens (tertiary/aromatic N) is 2. The van der Waals surface area contributed by atoms with Crippen molar-refractivity contribution >= 4 is 34.8 Å². The fourth-order valence-electron chi connectivity index (χ4n) is 2.34. The Balaban J connectivity index is 2.34. The topological polar surface area (TPSA) is 63.6 Å². The van der Waals surface area contributed by atoms with E-state index in [0.717, 1.165) is 12.1 Å². The predicted octanol–water partition coefficient (Wildman–Crippen LogP) is 4.97. The minimum atomic E-state index is -4.67. The number of amides is 1. The Morgan fingerprint density at radius 2 is 2.00 bits per heavy atom. The van der Waals surface area contributed by atoms with E-state index in [1.54, 1.807) is 6.92 Å². The fourth-order valence-corrected chi connectivity index (χ4v) is 2.81. The summed E-state index contributed by atoms with van der Waals surface area (Å²) < 4.78 is 39.5. The monoisotopic (exact) mass is 433 g/mol. The van der Waals surface area contributed by atoms with E-state index < -0.39 is 29.3 Å². The van der Waals surface area contributed by atoms with Crippen LogP contribution in [0.15, 0.2) is 41.7 Å². The molecule has 1 N–H and O–H groups in total. The first-order chi connectivity index (χ1) is 13.1.